The Bertz CT molecular complexity index is 427. The number of halogens is 2. The van der Waals surface area contributed by atoms with Crippen molar-refractivity contribution in [3.8, 4) is 0 Å². The number of benzene rings is 1. The topological polar surface area (TPSA) is 20.3 Å². The van der Waals surface area contributed by atoms with Crippen LogP contribution in [0.25, 0.3) is 0 Å². The molecule has 0 unspecified atom stereocenters. The highest BCUT2D eigenvalue weighted by molar-refractivity contribution is 7.99. The largest absolute Gasteiger partial charge is 0.324 e. The molecule has 0 N–H and O–H groups in total. The van der Waals surface area contributed by atoms with Crippen LogP contribution in [0.5, 0.6) is 0 Å². The molecule has 0 aliphatic carbocycles. The summed E-state index contributed by atoms with van der Waals surface area (Å²) >= 11 is 7.46. The Hall–Kier alpha value is -0.740. The first-order valence-electron chi connectivity index (χ1n) is 5.41. The number of thioether (sulfide) groups is 1. The number of hydrogen-bond acceptors (Lipinski definition) is 2. The number of nitrogens with zero attached hydrogens (tertiary/aromatic N) is 1. The molecule has 1 heterocycles. The summed E-state index contributed by atoms with van der Waals surface area (Å²) in [5, 5.41) is -0.649. The quantitative estimate of drug-likeness (QED) is 0.772. The molecular formula is C12H13ClFNOS. The van der Waals surface area contributed by atoms with Crippen molar-refractivity contribution in [2.24, 2.45) is 0 Å². The summed E-state index contributed by atoms with van der Waals surface area (Å²) in [5.41, 5.74) is 0.818. The van der Waals surface area contributed by atoms with Gasteiger partial charge in [0, 0.05) is 12.3 Å². The summed E-state index contributed by atoms with van der Waals surface area (Å²) < 4.78 is 13.2. The van der Waals surface area contributed by atoms with Gasteiger partial charge in [-0.3, -0.25) is 4.79 Å². The van der Waals surface area contributed by atoms with Crippen molar-refractivity contribution in [1.29, 1.82) is 0 Å². The molecule has 17 heavy (non-hydrogen) atoms. The summed E-state index contributed by atoms with van der Waals surface area (Å²) in [5.74, 6) is 0.489. The lowest BCUT2D eigenvalue weighted by Gasteiger charge is -2.25. The standard InChI is InChI=1S/C12H13ClFNOS/c1-8(13)11(16)15-5-6-17-12(15)9-3-2-4-10(14)7-9/h2-4,7-8,12H,5-6H2,1H3/t8-,12-/m1/s1. The second-order valence-electron chi connectivity index (χ2n) is 3.93. The number of amides is 1. The first-order chi connectivity index (χ1) is 8.09. The van der Waals surface area contributed by atoms with Gasteiger partial charge in [0.1, 0.15) is 16.6 Å². The maximum atomic E-state index is 13.2. The molecule has 0 bridgehead atoms. The van der Waals surface area contributed by atoms with E-state index in [0.29, 0.717) is 6.54 Å². The second-order valence-corrected chi connectivity index (χ2v) is 5.77. The Morgan fingerprint density at radius 3 is 3.06 bits per heavy atom. The number of hydrogen-bond donors (Lipinski definition) is 0. The molecule has 1 aliphatic rings. The zero-order valence-electron chi connectivity index (χ0n) is 9.40. The van der Waals surface area contributed by atoms with Crippen LogP contribution in [0.15, 0.2) is 24.3 Å². The maximum Gasteiger partial charge on any atom is 0.241 e. The summed E-state index contributed by atoms with van der Waals surface area (Å²) in [6.07, 6.45) is 0. The first kappa shape index (κ1) is 12.7. The van der Waals surface area contributed by atoms with E-state index >= 15 is 0 Å². The molecule has 1 amide bonds. The Morgan fingerprint density at radius 2 is 2.41 bits per heavy atom. The predicted molar refractivity (Wildman–Crippen MR) is 68.6 cm³/mol. The van der Waals surface area contributed by atoms with E-state index in [1.54, 1.807) is 29.7 Å². The van der Waals surface area contributed by atoms with Crippen LogP contribution in [0.4, 0.5) is 4.39 Å². The highest BCUT2D eigenvalue weighted by Crippen LogP contribution is 2.38. The van der Waals surface area contributed by atoms with Crippen molar-refractivity contribution in [3.05, 3.63) is 35.6 Å². The molecule has 1 saturated heterocycles. The summed E-state index contributed by atoms with van der Waals surface area (Å²) in [7, 11) is 0. The molecule has 2 rings (SSSR count). The van der Waals surface area contributed by atoms with Crippen molar-refractivity contribution in [2.75, 3.05) is 12.3 Å². The van der Waals surface area contributed by atoms with Crippen LogP contribution in [-0.4, -0.2) is 28.5 Å². The zero-order chi connectivity index (χ0) is 12.4. The van der Waals surface area contributed by atoms with Crippen LogP contribution in [-0.2, 0) is 4.79 Å². The minimum absolute atomic E-state index is 0.0917. The van der Waals surface area contributed by atoms with Gasteiger partial charge in [0.2, 0.25) is 5.91 Å². The molecule has 0 saturated carbocycles. The molecule has 0 aromatic heterocycles. The monoisotopic (exact) mass is 273 g/mol. The van der Waals surface area contributed by atoms with Crippen molar-refractivity contribution >= 4 is 29.3 Å². The van der Waals surface area contributed by atoms with Gasteiger partial charge in [0.05, 0.1) is 0 Å². The molecule has 2 atom stereocenters. The van der Waals surface area contributed by atoms with Gasteiger partial charge in [-0.2, -0.15) is 0 Å². The van der Waals surface area contributed by atoms with Crippen LogP contribution in [0, 0.1) is 5.82 Å². The highest BCUT2D eigenvalue weighted by atomic mass is 35.5. The summed E-state index contributed by atoms with van der Waals surface area (Å²) in [6.45, 7) is 2.33. The molecule has 2 nitrogen and oxygen atoms in total. The van der Waals surface area contributed by atoms with E-state index in [4.69, 9.17) is 11.6 Å². The highest BCUT2D eigenvalue weighted by Gasteiger charge is 2.32. The molecule has 0 spiro atoms. The van der Waals surface area contributed by atoms with Gasteiger partial charge in [-0.05, 0) is 24.6 Å². The van der Waals surface area contributed by atoms with Crippen LogP contribution >= 0.6 is 23.4 Å². The Balaban J connectivity index is 2.23. The van der Waals surface area contributed by atoms with Gasteiger partial charge in [-0.25, -0.2) is 4.39 Å². The second kappa shape index (κ2) is 5.27. The first-order valence-corrected chi connectivity index (χ1v) is 6.89. The van der Waals surface area contributed by atoms with E-state index in [0.717, 1.165) is 11.3 Å². The fraction of sp³-hybridized carbons (Fsp3) is 0.417. The fourth-order valence-electron chi connectivity index (χ4n) is 1.86. The van der Waals surface area contributed by atoms with E-state index in [2.05, 4.69) is 0 Å². The molecule has 0 radical (unpaired) electrons. The van der Waals surface area contributed by atoms with Crippen molar-refractivity contribution in [3.63, 3.8) is 0 Å². The van der Waals surface area contributed by atoms with Crippen LogP contribution in [0.1, 0.15) is 17.9 Å². The molecule has 5 heteroatoms. The van der Waals surface area contributed by atoms with Gasteiger partial charge >= 0.3 is 0 Å². The Kier molecular flexibility index (Phi) is 3.94. The smallest absolute Gasteiger partial charge is 0.241 e. The van der Waals surface area contributed by atoms with Crippen LogP contribution in [0.3, 0.4) is 0 Å². The van der Waals surface area contributed by atoms with E-state index in [1.807, 2.05) is 6.07 Å². The number of rotatable bonds is 2. The SMILES string of the molecule is C[C@@H](Cl)C(=O)N1CCS[C@@H]1c1cccc(F)c1. The van der Waals surface area contributed by atoms with Gasteiger partial charge < -0.3 is 4.90 Å². The van der Waals surface area contributed by atoms with Crippen LogP contribution < -0.4 is 0 Å². The van der Waals surface area contributed by atoms with Crippen molar-refractivity contribution in [2.45, 2.75) is 17.7 Å². The zero-order valence-corrected chi connectivity index (χ0v) is 11.0. The van der Waals surface area contributed by atoms with E-state index in [-0.39, 0.29) is 17.1 Å². The molecule has 1 aromatic rings. The average Bonchev–Trinajstić information content (AvgIpc) is 2.76. The third-order valence-electron chi connectivity index (χ3n) is 2.65. The molecular weight excluding hydrogens is 261 g/mol. The number of carbonyl (C=O) groups excluding carboxylic acids is 1. The lowest BCUT2D eigenvalue weighted by molar-refractivity contribution is -0.130. The summed E-state index contributed by atoms with van der Waals surface area (Å²) in [4.78, 5) is 13.6. The predicted octanol–water partition coefficient (Wildman–Crippen LogP) is 3.03. The van der Waals surface area contributed by atoms with Gasteiger partial charge in [-0.1, -0.05) is 12.1 Å². The minimum atomic E-state index is -0.537. The van der Waals surface area contributed by atoms with Gasteiger partial charge in [0.15, 0.2) is 0 Å². The maximum absolute atomic E-state index is 13.2. The third-order valence-corrected chi connectivity index (χ3v) is 4.10. The molecule has 1 aliphatic heterocycles. The van der Waals surface area contributed by atoms with Crippen LogP contribution in [0.2, 0.25) is 0 Å². The van der Waals surface area contributed by atoms with E-state index in [9.17, 15) is 9.18 Å². The third kappa shape index (κ3) is 2.75. The number of carbonyl (C=O) groups is 1. The van der Waals surface area contributed by atoms with E-state index < -0.39 is 5.38 Å². The van der Waals surface area contributed by atoms with Gasteiger partial charge in [0.25, 0.3) is 0 Å². The lowest BCUT2D eigenvalue weighted by Crippen LogP contribution is -2.35. The average molecular weight is 274 g/mol. The fourth-order valence-corrected chi connectivity index (χ4v) is 3.24. The normalized spacial score (nSPS) is 21.6. The lowest BCUT2D eigenvalue weighted by atomic mass is 10.2. The van der Waals surface area contributed by atoms with Crippen molar-refractivity contribution < 1.29 is 9.18 Å². The molecule has 1 aromatic carbocycles. The Labute approximate surface area is 109 Å². The van der Waals surface area contributed by atoms with E-state index in [1.165, 1.54) is 12.1 Å². The number of alkyl halides is 1. The Morgan fingerprint density at radius 1 is 1.65 bits per heavy atom. The van der Waals surface area contributed by atoms with Crippen molar-refractivity contribution in [1.82, 2.24) is 4.90 Å². The summed E-state index contributed by atoms with van der Waals surface area (Å²) in [6, 6.07) is 6.38. The van der Waals surface area contributed by atoms with Gasteiger partial charge in [-0.15, -0.1) is 23.4 Å². The molecule has 92 valence electrons. The molecule has 1 fully saturated rings. The minimum Gasteiger partial charge on any atom is -0.324 e.